The summed E-state index contributed by atoms with van der Waals surface area (Å²) in [6.07, 6.45) is 3.26. The number of halogens is 1. The van der Waals surface area contributed by atoms with Crippen LogP contribution >= 0.6 is 11.6 Å². The highest BCUT2D eigenvalue weighted by atomic mass is 35.5. The highest BCUT2D eigenvalue weighted by Crippen LogP contribution is 2.18. The molecule has 27 heavy (non-hydrogen) atoms. The lowest BCUT2D eigenvalue weighted by atomic mass is 10.2. The van der Waals surface area contributed by atoms with Gasteiger partial charge in [0.05, 0.1) is 11.3 Å². The minimum Gasteiger partial charge on any atom is -0.449 e. The van der Waals surface area contributed by atoms with Crippen LogP contribution in [0.2, 0.25) is 5.02 Å². The summed E-state index contributed by atoms with van der Waals surface area (Å²) in [5.74, 6) is -1.08. The van der Waals surface area contributed by atoms with Crippen LogP contribution < -0.4 is 5.32 Å². The number of nitrogens with zero attached hydrogens (tertiary/aromatic N) is 2. The molecule has 3 rings (SSSR count). The molecule has 1 atom stereocenters. The van der Waals surface area contributed by atoms with Gasteiger partial charge in [-0.1, -0.05) is 11.6 Å². The van der Waals surface area contributed by atoms with Crippen molar-refractivity contribution < 1.29 is 22.7 Å². The summed E-state index contributed by atoms with van der Waals surface area (Å²) in [5, 5.41) is 3.16. The number of amidine groups is 1. The Hall–Kier alpha value is -2.65. The van der Waals surface area contributed by atoms with Gasteiger partial charge in [-0.2, -0.15) is 0 Å². The van der Waals surface area contributed by atoms with Gasteiger partial charge in [0.25, 0.3) is 15.9 Å². The molecule has 0 spiro atoms. The topological polar surface area (TPSA) is 105 Å². The van der Waals surface area contributed by atoms with Crippen LogP contribution in [0.15, 0.2) is 52.6 Å². The number of fused-ring (bicyclic) bond motifs is 1. The number of esters is 1. The van der Waals surface area contributed by atoms with E-state index in [2.05, 4.69) is 9.71 Å². The van der Waals surface area contributed by atoms with Crippen molar-refractivity contribution >= 4 is 45.0 Å². The zero-order valence-corrected chi connectivity index (χ0v) is 15.8. The molecule has 0 fully saturated rings. The van der Waals surface area contributed by atoms with Gasteiger partial charge >= 0.3 is 5.97 Å². The smallest absolute Gasteiger partial charge is 0.340 e. The molecule has 1 amide bonds. The predicted octanol–water partition coefficient (Wildman–Crippen LogP) is 1.71. The van der Waals surface area contributed by atoms with Gasteiger partial charge in [-0.05, 0) is 43.3 Å². The lowest BCUT2D eigenvalue weighted by Gasteiger charge is -2.27. The van der Waals surface area contributed by atoms with E-state index in [9.17, 15) is 18.0 Å². The zero-order chi connectivity index (χ0) is 19.6. The third-order valence-corrected chi connectivity index (χ3v) is 5.24. The molecule has 0 saturated heterocycles. The summed E-state index contributed by atoms with van der Waals surface area (Å²) < 4.78 is 31.8. The van der Waals surface area contributed by atoms with E-state index < -0.39 is 28.0 Å². The highest BCUT2D eigenvalue weighted by Gasteiger charge is 2.26. The first kappa shape index (κ1) is 19.1. The number of benzene rings is 1. The molecule has 10 heteroatoms. The van der Waals surface area contributed by atoms with E-state index in [1.165, 1.54) is 25.3 Å². The van der Waals surface area contributed by atoms with Gasteiger partial charge in [0.1, 0.15) is 5.84 Å². The molecular formula is C17H16ClN3O5S. The number of carbonyl (C=O) groups excluding carboxylic acids is 2. The summed E-state index contributed by atoms with van der Waals surface area (Å²) in [5.41, 5.74) is 0.721. The van der Waals surface area contributed by atoms with Gasteiger partial charge in [0, 0.05) is 23.5 Å². The minimum absolute atomic E-state index is 0.136. The highest BCUT2D eigenvalue weighted by molar-refractivity contribution is 7.90. The maximum absolute atomic E-state index is 12.3. The van der Waals surface area contributed by atoms with Crippen molar-refractivity contribution in [3.63, 3.8) is 0 Å². The van der Waals surface area contributed by atoms with E-state index in [4.69, 9.17) is 16.3 Å². The number of sulfonamides is 1. The van der Waals surface area contributed by atoms with Crippen LogP contribution in [0.3, 0.4) is 0 Å². The Bertz CT molecular complexity index is 967. The van der Waals surface area contributed by atoms with Gasteiger partial charge in [0.2, 0.25) is 0 Å². The van der Waals surface area contributed by atoms with Crippen LogP contribution in [-0.4, -0.2) is 49.4 Å². The van der Waals surface area contributed by atoms with Crippen LogP contribution in [0.1, 0.15) is 6.92 Å². The Morgan fingerprint density at radius 1 is 1.26 bits per heavy atom. The molecule has 2 aliphatic rings. The van der Waals surface area contributed by atoms with Crippen molar-refractivity contribution in [1.29, 1.82) is 0 Å². The normalized spacial score (nSPS) is 18.7. The Kier molecular flexibility index (Phi) is 5.33. The number of hydrogen-bond acceptors (Lipinski definition) is 6. The lowest BCUT2D eigenvalue weighted by molar-refractivity contribution is -0.149. The van der Waals surface area contributed by atoms with Crippen molar-refractivity contribution in [3.8, 4) is 0 Å². The van der Waals surface area contributed by atoms with E-state index >= 15 is 0 Å². The number of anilines is 1. The number of amides is 1. The maximum atomic E-state index is 12.3. The number of rotatable bonds is 4. The van der Waals surface area contributed by atoms with Crippen LogP contribution in [0.5, 0.6) is 0 Å². The standard InChI is InChI=1S/C17H16ClN3O5S/c1-11(16(22)19-14-5-3-13(18)4-6-14)26-17(23)12-2-7-15-20-27(24,25)9-8-21(15)10-12/h2-7,10-11H,8-9H2,1H3,(H,19,22). The van der Waals surface area contributed by atoms with Gasteiger partial charge in [-0.15, -0.1) is 4.40 Å². The molecule has 0 radical (unpaired) electrons. The largest absolute Gasteiger partial charge is 0.449 e. The third-order valence-electron chi connectivity index (χ3n) is 3.82. The van der Waals surface area contributed by atoms with Gasteiger partial charge in [-0.3, -0.25) is 4.79 Å². The molecule has 2 heterocycles. The van der Waals surface area contributed by atoms with Crippen LogP contribution in [0.4, 0.5) is 5.69 Å². The summed E-state index contributed by atoms with van der Waals surface area (Å²) in [6, 6.07) is 6.52. The Morgan fingerprint density at radius 2 is 1.96 bits per heavy atom. The Labute approximate surface area is 161 Å². The maximum Gasteiger partial charge on any atom is 0.340 e. The molecule has 0 saturated carbocycles. The summed E-state index contributed by atoms with van der Waals surface area (Å²) in [7, 11) is -3.47. The Balaban J connectivity index is 1.62. The van der Waals surface area contributed by atoms with Crippen molar-refractivity contribution in [2.24, 2.45) is 4.40 Å². The quantitative estimate of drug-likeness (QED) is 0.759. The summed E-state index contributed by atoms with van der Waals surface area (Å²) >= 11 is 5.79. The first-order chi connectivity index (χ1) is 12.7. The average molecular weight is 410 g/mol. The lowest BCUT2D eigenvalue weighted by Crippen LogP contribution is -2.37. The SMILES string of the molecule is CC(OC(=O)C1=CN2CCS(=O)(=O)N=C2C=C1)C(=O)Nc1ccc(Cl)cc1. The van der Waals surface area contributed by atoms with E-state index in [-0.39, 0.29) is 23.7 Å². The fourth-order valence-electron chi connectivity index (χ4n) is 2.38. The van der Waals surface area contributed by atoms with E-state index in [1.807, 2.05) is 0 Å². The monoisotopic (exact) mass is 409 g/mol. The zero-order valence-electron chi connectivity index (χ0n) is 14.3. The predicted molar refractivity (Wildman–Crippen MR) is 101 cm³/mol. The number of ether oxygens (including phenoxy) is 1. The van der Waals surface area contributed by atoms with Crippen LogP contribution in [-0.2, 0) is 24.3 Å². The molecule has 0 aliphatic carbocycles. The fraction of sp³-hybridized carbons (Fsp3) is 0.235. The molecule has 8 nitrogen and oxygen atoms in total. The average Bonchev–Trinajstić information content (AvgIpc) is 2.62. The molecule has 0 bridgehead atoms. The van der Waals surface area contributed by atoms with Gasteiger partial charge in [0.15, 0.2) is 6.10 Å². The van der Waals surface area contributed by atoms with Gasteiger partial charge in [-0.25, -0.2) is 13.2 Å². The second-order valence-electron chi connectivity index (χ2n) is 5.89. The minimum atomic E-state index is -3.47. The van der Waals surface area contributed by atoms with Crippen LogP contribution in [0, 0.1) is 0 Å². The molecule has 1 unspecified atom stereocenters. The molecule has 1 aromatic carbocycles. The third kappa shape index (κ3) is 4.75. The van der Waals surface area contributed by atoms with Gasteiger partial charge < -0.3 is 15.0 Å². The van der Waals surface area contributed by atoms with E-state index in [1.54, 1.807) is 29.2 Å². The molecule has 1 aromatic rings. The fourth-order valence-corrected chi connectivity index (χ4v) is 3.48. The second-order valence-corrected chi connectivity index (χ2v) is 8.08. The van der Waals surface area contributed by atoms with E-state index in [0.29, 0.717) is 10.7 Å². The summed E-state index contributed by atoms with van der Waals surface area (Å²) in [4.78, 5) is 26.0. The van der Waals surface area contributed by atoms with E-state index in [0.717, 1.165) is 0 Å². The summed E-state index contributed by atoms with van der Waals surface area (Å²) in [6.45, 7) is 1.64. The molecule has 2 aliphatic heterocycles. The van der Waals surface area contributed by atoms with Crippen molar-refractivity contribution in [3.05, 3.63) is 53.2 Å². The van der Waals surface area contributed by atoms with Crippen molar-refractivity contribution in [2.45, 2.75) is 13.0 Å². The van der Waals surface area contributed by atoms with Crippen molar-refractivity contribution in [1.82, 2.24) is 4.90 Å². The second kappa shape index (κ2) is 7.53. The Morgan fingerprint density at radius 3 is 2.67 bits per heavy atom. The molecule has 0 aromatic heterocycles. The number of carbonyl (C=O) groups is 2. The first-order valence-corrected chi connectivity index (χ1v) is 9.99. The molecule has 1 N–H and O–H groups in total. The first-order valence-electron chi connectivity index (χ1n) is 8.00. The van der Waals surface area contributed by atoms with Crippen molar-refractivity contribution in [2.75, 3.05) is 17.6 Å². The molecular weight excluding hydrogens is 394 g/mol. The van der Waals surface area contributed by atoms with Crippen LogP contribution in [0.25, 0.3) is 0 Å². The number of hydrogen-bond donors (Lipinski definition) is 1. The number of nitrogens with one attached hydrogen (secondary N) is 1. The molecule has 142 valence electrons.